The summed E-state index contributed by atoms with van der Waals surface area (Å²) in [6.07, 6.45) is 3.80. The molecule has 1 fully saturated rings. The molecule has 7 heteroatoms. The van der Waals surface area contributed by atoms with Gasteiger partial charge < -0.3 is 4.74 Å². The van der Waals surface area contributed by atoms with E-state index in [1.807, 2.05) is 6.26 Å². The van der Waals surface area contributed by atoms with Crippen LogP contribution in [0.1, 0.15) is 24.4 Å². The van der Waals surface area contributed by atoms with Crippen LogP contribution in [0.2, 0.25) is 0 Å². The fourth-order valence-electron chi connectivity index (χ4n) is 2.13. The highest BCUT2D eigenvalue weighted by atomic mass is 32.2. The lowest BCUT2D eigenvalue weighted by Gasteiger charge is -2.11. The summed E-state index contributed by atoms with van der Waals surface area (Å²) in [5.74, 6) is -1.18. The number of hydrogen-bond acceptors (Lipinski definition) is 4. The fourth-order valence-corrected chi connectivity index (χ4v) is 2.74. The largest absolute Gasteiger partial charge is 0.472 e. The van der Waals surface area contributed by atoms with Gasteiger partial charge in [0.2, 0.25) is 5.88 Å². The zero-order chi connectivity index (χ0) is 15.7. The molecular formula is C15H14F2N2O2S. The van der Waals surface area contributed by atoms with E-state index in [1.54, 1.807) is 4.57 Å². The van der Waals surface area contributed by atoms with Gasteiger partial charge in [0.25, 0.3) is 5.56 Å². The van der Waals surface area contributed by atoms with E-state index in [-0.39, 0.29) is 29.7 Å². The smallest absolute Gasteiger partial charge is 0.258 e. The average Bonchev–Trinajstić information content (AvgIpc) is 3.30. The topological polar surface area (TPSA) is 44.1 Å². The minimum atomic E-state index is -0.684. The van der Waals surface area contributed by atoms with Crippen LogP contribution in [0.15, 0.2) is 34.2 Å². The van der Waals surface area contributed by atoms with Crippen LogP contribution in [-0.4, -0.2) is 15.8 Å². The maximum absolute atomic E-state index is 13.5. The lowest BCUT2D eigenvalue weighted by atomic mass is 10.2. The van der Waals surface area contributed by atoms with Crippen LogP contribution < -0.4 is 10.3 Å². The predicted molar refractivity (Wildman–Crippen MR) is 79.2 cm³/mol. The van der Waals surface area contributed by atoms with Gasteiger partial charge in [-0.05, 0) is 31.2 Å². The normalized spacial score (nSPS) is 14.1. The second-order valence-corrected chi connectivity index (χ2v) is 5.82. The van der Waals surface area contributed by atoms with Crippen molar-refractivity contribution in [2.75, 3.05) is 6.26 Å². The summed E-state index contributed by atoms with van der Waals surface area (Å²) in [5.41, 5.74) is 0.0386. The van der Waals surface area contributed by atoms with Crippen LogP contribution in [-0.2, 0) is 6.61 Å². The molecule has 3 rings (SSSR count). The van der Waals surface area contributed by atoms with Crippen molar-refractivity contribution in [3.8, 4) is 5.88 Å². The molecule has 1 aromatic carbocycles. The van der Waals surface area contributed by atoms with Gasteiger partial charge in [-0.3, -0.25) is 9.36 Å². The molecule has 0 atom stereocenters. The first-order chi connectivity index (χ1) is 10.6. The highest BCUT2D eigenvalue weighted by Gasteiger charge is 2.27. The summed E-state index contributed by atoms with van der Waals surface area (Å²) in [4.78, 5) is 16.4. The van der Waals surface area contributed by atoms with E-state index < -0.39 is 11.6 Å². The first-order valence-electron chi connectivity index (χ1n) is 6.83. The standard InChI is InChI=1S/C15H14F2N2O2S/c1-22-15-18-13(7-14(20)19(15)11-4-5-11)21-8-9-2-3-10(16)6-12(9)17/h2-3,6-7,11H,4-5,8H2,1H3. The van der Waals surface area contributed by atoms with Crippen LogP contribution in [0.25, 0.3) is 0 Å². The maximum Gasteiger partial charge on any atom is 0.258 e. The number of benzene rings is 1. The van der Waals surface area contributed by atoms with Crippen molar-refractivity contribution in [2.45, 2.75) is 30.6 Å². The molecule has 116 valence electrons. The molecule has 1 saturated carbocycles. The van der Waals surface area contributed by atoms with Crippen LogP contribution in [0, 0.1) is 11.6 Å². The molecule has 0 spiro atoms. The van der Waals surface area contributed by atoms with Gasteiger partial charge in [-0.2, -0.15) is 4.98 Å². The van der Waals surface area contributed by atoms with E-state index in [4.69, 9.17) is 4.74 Å². The third kappa shape index (κ3) is 3.14. The summed E-state index contributed by atoms with van der Waals surface area (Å²) in [5, 5.41) is 0.588. The zero-order valence-electron chi connectivity index (χ0n) is 11.9. The Balaban J connectivity index is 1.80. The Bertz CT molecular complexity index is 760. The van der Waals surface area contributed by atoms with Crippen molar-refractivity contribution in [1.82, 2.24) is 9.55 Å². The third-order valence-corrected chi connectivity index (χ3v) is 4.03. The lowest BCUT2D eigenvalue weighted by molar-refractivity contribution is 0.281. The average molecular weight is 324 g/mol. The Hall–Kier alpha value is -1.89. The van der Waals surface area contributed by atoms with E-state index in [0.717, 1.165) is 25.0 Å². The second kappa shape index (κ2) is 6.08. The van der Waals surface area contributed by atoms with Gasteiger partial charge in [-0.1, -0.05) is 11.8 Å². The molecule has 1 aliphatic rings. The first kappa shape index (κ1) is 15.0. The molecular weight excluding hydrogens is 310 g/mol. The summed E-state index contributed by atoms with van der Waals surface area (Å²) in [6, 6.07) is 4.80. The molecule has 0 aliphatic heterocycles. The van der Waals surface area contributed by atoms with Gasteiger partial charge in [0.1, 0.15) is 18.2 Å². The number of nitrogens with zero attached hydrogens (tertiary/aromatic N) is 2. The van der Waals surface area contributed by atoms with Crippen LogP contribution in [0.4, 0.5) is 8.78 Å². The van der Waals surface area contributed by atoms with Gasteiger partial charge in [0.05, 0.1) is 6.07 Å². The number of ether oxygens (including phenoxy) is 1. The Morgan fingerprint density at radius 3 is 2.77 bits per heavy atom. The summed E-state index contributed by atoms with van der Waals surface area (Å²) in [6.45, 7) is -0.111. The monoisotopic (exact) mass is 324 g/mol. The SMILES string of the molecule is CSc1nc(OCc2ccc(F)cc2F)cc(=O)n1C1CC1. The zero-order valence-corrected chi connectivity index (χ0v) is 12.7. The van der Waals surface area contributed by atoms with Crippen molar-refractivity contribution < 1.29 is 13.5 Å². The maximum atomic E-state index is 13.5. The number of rotatable bonds is 5. The van der Waals surface area contributed by atoms with Gasteiger partial charge in [-0.15, -0.1) is 0 Å². The second-order valence-electron chi connectivity index (χ2n) is 5.04. The summed E-state index contributed by atoms with van der Waals surface area (Å²) >= 11 is 1.37. The van der Waals surface area contributed by atoms with Gasteiger partial charge in [0, 0.05) is 17.7 Å². The van der Waals surface area contributed by atoms with E-state index in [0.29, 0.717) is 5.16 Å². The van der Waals surface area contributed by atoms with Crippen molar-refractivity contribution in [1.29, 1.82) is 0 Å². The van der Waals surface area contributed by atoms with Crippen LogP contribution in [0.3, 0.4) is 0 Å². The predicted octanol–water partition coefficient (Wildman–Crippen LogP) is 3.16. The van der Waals surface area contributed by atoms with Crippen molar-refractivity contribution in [3.63, 3.8) is 0 Å². The third-order valence-electron chi connectivity index (χ3n) is 3.38. The molecule has 0 bridgehead atoms. The van der Waals surface area contributed by atoms with Gasteiger partial charge in [-0.25, -0.2) is 8.78 Å². The van der Waals surface area contributed by atoms with E-state index in [2.05, 4.69) is 4.98 Å². The quantitative estimate of drug-likeness (QED) is 0.626. The number of hydrogen-bond donors (Lipinski definition) is 0. The van der Waals surface area contributed by atoms with E-state index in [1.165, 1.54) is 23.9 Å². The fraction of sp³-hybridized carbons (Fsp3) is 0.333. The minimum absolute atomic E-state index is 0.111. The number of halogens is 2. The Labute approximate surface area is 130 Å². The van der Waals surface area contributed by atoms with Crippen LogP contribution in [0.5, 0.6) is 5.88 Å². The van der Waals surface area contributed by atoms with E-state index in [9.17, 15) is 13.6 Å². The molecule has 0 N–H and O–H groups in total. The Morgan fingerprint density at radius 1 is 1.36 bits per heavy atom. The molecule has 1 aliphatic carbocycles. The molecule has 1 heterocycles. The Morgan fingerprint density at radius 2 is 2.14 bits per heavy atom. The molecule has 0 unspecified atom stereocenters. The van der Waals surface area contributed by atoms with E-state index >= 15 is 0 Å². The molecule has 0 amide bonds. The van der Waals surface area contributed by atoms with Crippen molar-refractivity contribution >= 4 is 11.8 Å². The summed E-state index contributed by atoms with van der Waals surface area (Å²) < 4.78 is 33.4. The lowest BCUT2D eigenvalue weighted by Crippen LogP contribution is -2.21. The number of aromatic nitrogens is 2. The molecule has 1 aromatic heterocycles. The minimum Gasteiger partial charge on any atom is -0.472 e. The van der Waals surface area contributed by atoms with Crippen molar-refractivity contribution in [3.05, 3.63) is 51.8 Å². The Kier molecular flexibility index (Phi) is 4.15. The van der Waals surface area contributed by atoms with Crippen molar-refractivity contribution in [2.24, 2.45) is 0 Å². The molecule has 22 heavy (non-hydrogen) atoms. The first-order valence-corrected chi connectivity index (χ1v) is 8.05. The summed E-state index contributed by atoms with van der Waals surface area (Å²) in [7, 11) is 0. The molecule has 4 nitrogen and oxygen atoms in total. The highest BCUT2D eigenvalue weighted by Crippen LogP contribution is 2.36. The van der Waals surface area contributed by atoms with Crippen LogP contribution >= 0.6 is 11.8 Å². The highest BCUT2D eigenvalue weighted by molar-refractivity contribution is 7.98. The molecule has 0 saturated heterocycles. The molecule has 2 aromatic rings. The van der Waals surface area contributed by atoms with Gasteiger partial charge >= 0.3 is 0 Å². The van der Waals surface area contributed by atoms with Gasteiger partial charge in [0.15, 0.2) is 5.16 Å². The molecule has 0 radical (unpaired) electrons. The number of thioether (sulfide) groups is 1.